The van der Waals surface area contributed by atoms with Gasteiger partial charge < -0.3 is 5.11 Å². The summed E-state index contributed by atoms with van der Waals surface area (Å²) in [6.07, 6.45) is 1.53. The number of amides is 2. The third-order valence-electron chi connectivity index (χ3n) is 3.69. The summed E-state index contributed by atoms with van der Waals surface area (Å²) in [7, 11) is 0. The van der Waals surface area contributed by atoms with Crippen molar-refractivity contribution in [3.63, 3.8) is 0 Å². The number of carbonyl (C=O) groups excluding carboxylic acids is 2. The van der Waals surface area contributed by atoms with E-state index in [1.54, 1.807) is 24.3 Å². The first-order chi connectivity index (χ1) is 10.5. The molecule has 3 rings (SSSR count). The predicted octanol–water partition coefficient (Wildman–Crippen LogP) is 1.29. The number of β-lactam (4-membered cyclic amide) rings is 1. The van der Waals surface area contributed by atoms with Gasteiger partial charge in [-0.15, -0.1) is 11.8 Å². The van der Waals surface area contributed by atoms with Gasteiger partial charge in [-0.2, -0.15) is 0 Å². The van der Waals surface area contributed by atoms with Gasteiger partial charge in [0.2, 0.25) is 5.91 Å². The van der Waals surface area contributed by atoms with Gasteiger partial charge in [-0.3, -0.25) is 19.4 Å². The molecule has 6 nitrogen and oxygen atoms in total. The monoisotopic (exact) mass is 318 g/mol. The van der Waals surface area contributed by atoms with Gasteiger partial charge in [0.05, 0.1) is 0 Å². The van der Waals surface area contributed by atoms with Gasteiger partial charge in [-0.1, -0.05) is 18.2 Å². The first-order valence-corrected chi connectivity index (χ1v) is 7.80. The number of carboxylic acid groups (broad SMARTS) is 1. The Morgan fingerprint density at radius 2 is 2.00 bits per heavy atom. The third-order valence-corrected chi connectivity index (χ3v) is 4.86. The molecule has 2 atom stereocenters. The molecule has 1 unspecified atom stereocenters. The number of thioether (sulfide) groups is 1. The summed E-state index contributed by atoms with van der Waals surface area (Å²) in [4.78, 5) is 38.4. The van der Waals surface area contributed by atoms with Crippen molar-refractivity contribution >= 4 is 35.2 Å². The zero-order valence-corrected chi connectivity index (χ0v) is 12.6. The van der Waals surface area contributed by atoms with Crippen LogP contribution < -0.4 is 4.90 Å². The fourth-order valence-electron chi connectivity index (χ4n) is 2.75. The van der Waals surface area contributed by atoms with E-state index in [0.717, 1.165) is 0 Å². The second kappa shape index (κ2) is 5.49. The molecular formula is C15H14N2O4S. The van der Waals surface area contributed by atoms with Crippen LogP contribution in [0.15, 0.2) is 42.1 Å². The summed E-state index contributed by atoms with van der Waals surface area (Å²) in [6, 6.07) is 8.29. The van der Waals surface area contributed by atoms with E-state index < -0.39 is 12.0 Å². The number of anilines is 1. The summed E-state index contributed by atoms with van der Waals surface area (Å²) in [5, 5.41) is 8.82. The minimum atomic E-state index is -1.12. The molecule has 2 aliphatic heterocycles. The Balaban J connectivity index is 1.93. The lowest BCUT2D eigenvalue weighted by Crippen LogP contribution is -2.71. The Morgan fingerprint density at radius 1 is 1.32 bits per heavy atom. The maximum absolute atomic E-state index is 12.4. The number of fused-ring (bicyclic) bond motifs is 1. The molecule has 2 aliphatic rings. The van der Waals surface area contributed by atoms with Crippen LogP contribution in [0.1, 0.15) is 6.92 Å². The Kier molecular flexibility index (Phi) is 3.66. The Hall–Kier alpha value is -2.28. The van der Waals surface area contributed by atoms with Gasteiger partial charge in [0.15, 0.2) is 0 Å². The van der Waals surface area contributed by atoms with Crippen molar-refractivity contribution in [1.29, 1.82) is 0 Å². The van der Waals surface area contributed by atoms with E-state index in [-0.39, 0.29) is 22.9 Å². The van der Waals surface area contributed by atoms with Crippen LogP contribution in [0.25, 0.3) is 0 Å². The molecule has 0 bridgehead atoms. The highest BCUT2D eigenvalue weighted by molar-refractivity contribution is 8.00. The number of para-hydroxylation sites is 1. The Morgan fingerprint density at radius 3 is 2.59 bits per heavy atom. The van der Waals surface area contributed by atoms with E-state index >= 15 is 0 Å². The van der Waals surface area contributed by atoms with Crippen molar-refractivity contribution in [3.8, 4) is 0 Å². The molecule has 1 fully saturated rings. The smallest absolute Gasteiger partial charge is 0.352 e. The summed E-state index contributed by atoms with van der Waals surface area (Å²) in [5.41, 5.74) is 0.640. The van der Waals surface area contributed by atoms with Gasteiger partial charge in [0, 0.05) is 18.4 Å². The number of carbonyl (C=O) groups is 3. The number of rotatable bonds is 3. The number of hydrogen-bond donors (Lipinski definition) is 1. The normalized spacial score (nSPS) is 23.2. The quantitative estimate of drug-likeness (QED) is 0.850. The molecule has 1 aromatic rings. The number of hydrogen-bond acceptors (Lipinski definition) is 4. The molecule has 0 aromatic heterocycles. The van der Waals surface area contributed by atoms with Crippen molar-refractivity contribution in [2.24, 2.45) is 0 Å². The largest absolute Gasteiger partial charge is 0.477 e. The molecule has 0 aliphatic carbocycles. The Bertz CT molecular complexity index is 673. The van der Waals surface area contributed by atoms with Gasteiger partial charge in [0.1, 0.15) is 17.1 Å². The molecule has 1 N–H and O–H groups in total. The fourth-order valence-corrected chi connectivity index (χ4v) is 3.99. The topological polar surface area (TPSA) is 77.9 Å². The molecule has 0 spiro atoms. The molecule has 1 saturated heterocycles. The highest BCUT2D eigenvalue weighted by Crippen LogP contribution is 2.41. The van der Waals surface area contributed by atoms with E-state index in [4.69, 9.17) is 0 Å². The summed E-state index contributed by atoms with van der Waals surface area (Å²) in [6.45, 7) is 1.41. The van der Waals surface area contributed by atoms with Gasteiger partial charge in [0.25, 0.3) is 5.91 Å². The maximum atomic E-state index is 12.4. The van der Waals surface area contributed by atoms with Crippen LogP contribution in [0.2, 0.25) is 0 Å². The zero-order chi connectivity index (χ0) is 15.9. The van der Waals surface area contributed by atoms with Gasteiger partial charge >= 0.3 is 5.97 Å². The molecular weight excluding hydrogens is 304 g/mol. The first kappa shape index (κ1) is 14.6. The van der Waals surface area contributed by atoms with Crippen molar-refractivity contribution in [2.45, 2.75) is 18.3 Å². The second-order valence-corrected chi connectivity index (χ2v) is 6.15. The van der Waals surface area contributed by atoms with E-state index in [2.05, 4.69) is 0 Å². The lowest BCUT2D eigenvalue weighted by molar-refractivity contribution is -0.148. The van der Waals surface area contributed by atoms with Crippen LogP contribution in [-0.4, -0.2) is 45.0 Å². The number of carboxylic acids is 1. The van der Waals surface area contributed by atoms with Crippen LogP contribution in [0.3, 0.4) is 0 Å². The van der Waals surface area contributed by atoms with E-state index in [1.807, 2.05) is 6.07 Å². The second-order valence-electron chi connectivity index (χ2n) is 5.00. The van der Waals surface area contributed by atoms with E-state index in [9.17, 15) is 19.5 Å². The molecule has 7 heteroatoms. The van der Waals surface area contributed by atoms with E-state index in [1.165, 1.54) is 34.6 Å². The summed E-state index contributed by atoms with van der Waals surface area (Å²) >= 11 is 1.46. The standard InChI is InChI=1S/C15H14N2O4S/c1-9(18)16(10-5-3-2-4-6-10)12-13(19)17-11(15(20)21)7-8-22-14(12)17/h2-7,12,14H,8H2,1H3,(H,20,21)/t12?,14-/m0/s1. The van der Waals surface area contributed by atoms with Crippen molar-refractivity contribution in [3.05, 3.63) is 42.1 Å². The van der Waals surface area contributed by atoms with E-state index in [0.29, 0.717) is 11.4 Å². The van der Waals surface area contributed by atoms with Gasteiger partial charge in [-0.25, -0.2) is 4.79 Å². The summed E-state index contributed by atoms with van der Waals surface area (Å²) in [5.74, 6) is -1.21. The minimum Gasteiger partial charge on any atom is -0.477 e. The van der Waals surface area contributed by atoms with Crippen molar-refractivity contribution in [1.82, 2.24) is 4.90 Å². The lowest BCUT2D eigenvalue weighted by atomic mass is 10.0. The summed E-state index contributed by atoms with van der Waals surface area (Å²) < 4.78 is 0. The molecule has 114 valence electrons. The molecule has 0 saturated carbocycles. The average Bonchev–Trinajstić information content (AvgIpc) is 2.51. The van der Waals surface area contributed by atoms with Crippen molar-refractivity contribution in [2.75, 3.05) is 10.7 Å². The predicted molar refractivity (Wildman–Crippen MR) is 82.2 cm³/mol. The lowest BCUT2D eigenvalue weighted by Gasteiger charge is -2.51. The fraction of sp³-hybridized carbons (Fsp3) is 0.267. The Labute approximate surface area is 131 Å². The molecule has 22 heavy (non-hydrogen) atoms. The first-order valence-electron chi connectivity index (χ1n) is 6.75. The van der Waals surface area contributed by atoms with Gasteiger partial charge in [-0.05, 0) is 18.2 Å². The van der Waals surface area contributed by atoms with Crippen LogP contribution >= 0.6 is 11.8 Å². The number of nitrogens with zero attached hydrogens (tertiary/aromatic N) is 2. The number of aliphatic carboxylic acids is 1. The maximum Gasteiger partial charge on any atom is 0.352 e. The van der Waals surface area contributed by atoms with Crippen LogP contribution in [0.5, 0.6) is 0 Å². The minimum absolute atomic E-state index is 0.00145. The molecule has 2 amide bonds. The third kappa shape index (κ3) is 2.18. The van der Waals surface area contributed by atoms with Crippen molar-refractivity contribution < 1.29 is 19.5 Å². The van der Waals surface area contributed by atoms with Crippen LogP contribution in [0, 0.1) is 0 Å². The number of benzene rings is 1. The molecule has 2 heterocycles. The van der Waals surface area contributed by atoms with Crippen LogP contribution in [0.4, 0.5) is 5.69 Å². The van der Waals surface area contributed by atoms with Crippen LogP contribution in [-0.2, 0) is 14.4 Å². The zero-order valence-electron chi connectivity index (χ0n) is 11.8. The SMILES string of the molecule is CC(=O)N(c1ccccc1)C1C(=O)N2C(C(=O)O)=CCS[C@@H]12. The highest BCUT2D eigenvalue weighted by atomic mass is 32.2. The molecule has 0 radical (unpaired) electrons. The molecule has 1 aromatic carbocycles. The highest BCUT2D eigenvalue weighted by Gasteiger charge is 2.55. The average molecular weight is 318 g/mol.